The summed E-state index contributed by atoms with van der Waals surface area (Å²) in [6.45, 7) is 8.77. The smallest absolute Gasteiger partial charge is 0.214 e. The summed E-state index contributed by atoms with van der Waals surface area (Å²) in [6, 6.07) is 7.91. The van der Waals surface area contributed by atoms with Gasteiger partial charge in [-0.2, -0.15) is 0 Å². The molecular formula is C19H28N4O3. The number of aliphatic imine (C=N–C) groups is 1. The second-order valence-corrected chi connectivity index (χ2v) is 5.79. The Morgan fingerprint density at radius 2 is 2.08 bits per heavy atom. The molecular weight excluding hydrogens is 332 g/mol. The van der Waals surface area contributed by atoms with Crippen molar-refractivity contribution < 1.29 is 13.9 Å². The molecule has 0 aliphatic heterocycles. The van der Waals surface area contributed by atoms with Gasteiger partial charge in [0.2, 0.25) is 5.89 Å². The van der Waals surface area contributed by atoms with Gasteiger partial charge in [-0.15, -0.1) is 0 Å². The molecule has 0 saturated carbocycles. The minimum atomic E-state index is 0.487. The van der Waals surface area contributed by atoms with Gasteiger partial charge in [0.1, 0.15) is 18.1 Å². The molecule has 2 aromatic rings. The number of oxazole rings is 1. The fraction of sp³-hybridized carbons (Fsp3) is 0.474. The van der Waals surface area contributed by atoms with Gasteiger partial charge in [-0.05, 0) is 38.5 Å². The van der Waals surface area contributed by atoms with Gasteiger partial charge in [0.25, 0.3) is 0 Å². The zero-order valence-electron chi connectivity index (χ0n) is 16.0. The lowest BCUT2D eigenvalue weighted by atomic mass is 10.2. The number of hydrogen-bond donors (Lipinski definition) is 2. The van der Waals surface area contributed by atoms with E-state index in [4.69, 9.17) is 13.9 Å². The van der Waals surface area contributed by atoms with Gasteiger partial charge in [-0.3, -0.25) is 0 Å². The van der Waals surface area contributed by atoms with Crippen molar-refractivity contribution in [2.75, 3.05) is 26.9 Å². The predicted octanol–water partition coefficient (Wildman–Crippen LogP) is 2.57. The summed E-state index contributed by atoms with van der Waals surface area (Å²) in [5, 5.41) is 6.46. The molecule has 0 aliphatic rings. The van der Waals surface area contributed by atoms with Crippen molar-refractivity contribution in [2.24, 2.45) is 4.99 Å². The van der Waals surface area contributed by atoms with Crippen LogP contribution in [0.25, 0.3) is 0 Å². The van der Waals surface area contributed by atoms with E-state index < -0.39 is 0 Å². The van der Waals surface area contributed by atoms with Gasteiger partial charge in [-0.25, -0.2) is 9.98 Å². The molecule has 0 amide bonds. The molecule has 0 fully saturated rings. The minimum absolute atomic E-state index is 0.487. The maximum atomic E-state index is 5.63. The van der Waals surface area contributed by atoms with Crippen molar-refractivity contribution in [1.82, 2.24) is 15.6 Å². The van der Waals surface area contributed by atoms with Gasteiger partial charge in [0, 0.05) is 13.7 Å². The fourth-order valence-electron chi connectivity index (χ4n) is 2.26. The third kappa shape index (κ3) is 6.40. The Balaban J connectivity index is 1.94. The second-order valence-electron chi connectivity index (χ2n) is 5.79. The summed E-state index contributed by atoms with van der Waals surface area (Å²) in [4.78, 5) is 8.98. The third-order valence-electron chi connectivity index (χ3n) is 3.70. The number of nitrogens with one attached hydrogen (secondary N) is 2. The monoisotopic (exact) mass is 360 g/mol. The van der Waals surface area contributed by atoms with E-state index in [1.165, 1.54) is 0 Å². The lowest BCUT2D eigenvalue weighted by Crippen LogP contribution is -2.36. The first kappa shape index (κ1) is 19.8. The maximum Gasteiger partial charge on any atom is 0.214 e. The molecule has 0 unspecified atom stereocenters. The molecule has 26 heavy (non-hydrogen) atoms. The van der Waals surface area contributed by atoms with Gasteiger partial charge in [0.05, 0.1) is 25.4 Å². The maximum absolute atomic E-state index is 5.63. The number of methoxy groups -OCH3 is 1. The number of nitrogens with zero attached hydrogens (tertiary/aromatic N) is 2. The first-order valence-electron chi connectivity index (χ1n) is 8.78. The standard InChI is InChI=1S/C19H28N4O3/c1-5-20-19(22-13-18-23-14(2)15(3)26-18)21-12-16-7-6-8-17(11-16)25-10-9-24-4/h6-8,11H,5,9-10,12-13H2,1-4H3,(H2,20,21,22). The van der Waals surface area contributed by atoms with Crippen molar-refractivity contribution in [2.45, 2.75) is 33.9 Å². The van der Waals surface area contributed by atoms with Crippen molar-refractivity contribution in [3.8, 4) is 5.75 Å². The number of ether oxygens (including phenoxy) is 2. The SMILES string of the molecule is CCNC(=NCc1cccc(OCCOC)c1)NCc1nc(C)c(C)o1. The van der Waals surface area contributed by atoms with Gasteiger partial charge in [-0.1, -0.05) is 12.1 Å². The number of benzene rings is 1. The van der Waals surface area contributed by atoms with E-state index in [1.807, 2.05) is 45.0 Å². The van der Waals surface area contributed by atoms with Crippen LogP contribution in [-0.4, -0.2) is 37.8 Å². The highest BCUT2D eigenvalue weighted by molar-refractivity contribution is 5.79. The van der Waals surface area contributed by atoms with E-state index in [-0.39, 0.29) is 0 Å². The van der Waals surface area contributed by atoms with Crippen molar-refractivity contribution in [1.29, 1.82) is 0 Å². The molecule has 7 heteroatoms. The summed E-state index contributed by atoms with van der Waals surface area (Å²) in [5.41, 5.74) is 1.98. The van der Waals surface area contributed by atoms with E-state index in [1.54, 1.807) is 7.11 Å². The summed E-state index contributed by atoms with van der Waals surface area (Å²) < 4.78 is 16.2. The number of guanidine groups is 1. The molecule has 0 radical (unpaired) electrons. The Hall–Kier alpha value is -2.54. The molecule has 1 heterocycles. The fourth-order valence-corrected chi connectivity index (χ4v) is 2.26. The van der Waals surface area contributed by atoms with Crippen LogP contribution in [0, 0.1) is 13.8 Å². The normalized spacial score (nSPS) is 11.5. The zero-order valence-corrected chi connectivity index (χ0v) is 16.0. The number of hydrogen-bond acceptors (Lipinski definition) is 5. The van der Waals surface area contributed by atoms with Crippen LogP contribution in [0.2, 0.25) is 0 Å². The van der Waals surface area contributed by atoms with Crippen LogP contribution in [0.5, 0.6) is 5.75 Å². The highest BCUT2D eigenvalue weighted by atomic mass is 16.5. The van der Waals surface area contributed by atoms with Crippen LogP contribution in [0.4, 0.5) is 0 Å². The van der Waals surface area contributed by atoms with Gasteiger partial charge in [0.15, 0.2) is 5.96 Å². The lowest BCUT2D eigenvalue weighted by molar-refractivity contribution is 0.146. The molecule has 7 nitrogen and oxygen atoms in total. The largest absolute Gasteiger partial charge is 0.491 e. The highest BCUT2D eigenvalue weighted by Crippen LogP contribution is 2.14. The Bertz CT molecular complexity index is 693. The lowest BCUT2D eigenvalue weighted by Gasteiger charge is -2.10. The zero-order chi connectivity index (χ0) is 18.8. The van der Waals surface area contributed by atoms with Gasteiger partial charge < -0.3 is 24.5 Å². The van der Waals surface area contributed by atoms with Crippen LogP contribution in [0.1, 0.15) is 29.8 Å². The van der Waals surface area contributed by atoms with Crippen molar-refractivity contribution in [3.63, 3.8) is 0 Å². The molecule has 1 aromatic heterocycles. The molecule has 1 aromatic carbocycles. The van der Waals surface area contributed by atoms with E-state index in [0.717, 1.165) is 29.3 Å². The van der Waals surface area contributed by atoms with Crippen molar-refractivity contribution in [3.05, 3.63) is 47.2 Å². The van der Waals surface area contributed by atoms with E-state index in [9.17, 15) is 0 Å². The molecule has 2 N–H and O–H groups in total. The van der Waals surface area contributed by atoms with Crippen LogP contribution < -0.4 is 15.4 Å². The van der Waals surface area contributed by atoms with E-state index in [2.05, 4.69) is 20.6 Å². The van der Waals surface area contributed by atoms with Crippen LogP contribution in [0.3, 0.4) is 0 Å². The Kier molecular flexibility index (Phi) is 7.95. The second kappa shape index (κ2) is 10.5. The molecule has 142 valence electrons. The summed E-state index contributed by atoms with van der Waals surface area (Å²) in [5.74, 6) is 3.03. The summed E-state index contributed by atoms with van der Waals surface area (Å²) in [6.07, 6.45) is 0. The molecule has 0 atom stereocenters. The topological polar surface area (TPSA) is 80.9 Å². The van der Waals surface area contributed by atoms with Crippen molar-refractivity contribution >= 4 is 5.96 Å². The first-order valence-corrected chi connectivity index (χ1v) is 8.78. The number of aromatic nitrogens is 1. The Morgan fingerprint density at radius 3 is 2.77 bits per heavy atom. The molecule has 0 bridgehead atoms. The number of aryl methyl sites for hydroxylation is 2. The van der Waals surface area contributed by atoms with Crippen LogP contribution >= 0.6 is 0 Å². The highest BCUT2D eigenvalue weighted by Gasteiger charge is 2.06. The molecule has 2 rings (SSSR count). The minimum Gasteiger partial charge on any atom is -0.491 e. The van der Waals surface area contributed by atoms with Crippen LogP contribution in [0.15, 0.2) is 33.7 Å². The third-order valence-corrected chi connectivity index (χ3v) is 3.70. The van der Waals surface area contributed by atoms with E-state index >= 15 is 0 Å². The van der Waals surface area contributed by atoms with E-state index in [0.29, 0.717) is 38.2 Å². The van der Waals surface area contributed by atoms with Crippen LogP contribution in [-0.2, 0) is 17.8 Å². The average Bonchev–Trinajstić information content (AvgIpc) is 2.96. The Labute approximate surface area is 154 Å². The molecule has 0 spiro atoms. The number of rotatable bonds is 9. The predicted molar refractivity (Wildman–Crippen MR) is 101 cm³/mol. The first-order chi connectivity index (χ1) is 12.6. The van der Waals surface area contributed by atoms with Gasteiger partial charge >= 0.3 is 0 Å². The average molecular weight is 360 g/mol. The summed E-state index contributed by atoms with van der Waals surface area (Å²) in [7, 11) is 1.66. The molecule has 0 aliphatic carbocycles. The quantitative estimate of drug-likeness (QED) is 0.406. The Morgan fingerprint density at radius 1 is 1.23 bits per heavy atom. The molecule has 0 saturated heterocycles. The summed E-state index contributed by atoms with van der Waals surface area (Å²) >= 11 is 0.